The van der Waals surface area contributed by atoms with E-state index in [1.54, 1.807) is 14.0 Å². The molecule has 0 aliphatic carbocycles. The van der Waals surface area contributed by atoms with Gasteiger partial charge in [0.25, 0.3) is 0 Å². The quantitative estimate of drug-likeness (QED) is 0.884. The molecule has 4 nitrogen and oxygen atoms in total. The second-order valence-electron chi connectivity index (χ2n) is 5.40. The van der Waals surface area contributed by atoms with Crippen molar-refractivity contribution in [3.05, 3.63) is 29.3 Å². The molecule has 1 heterocycles. The van der Waals surface area contributed by atoms with E-state index in [1.165, 1.54) is 11.1 Å². The summed E-state index contributed by atoms with van der Waals surface area (Å²) in [5.74, 6) is 0.224. The maximum atomic E-state index is 10.9. The van der Waals surface area contributed by atoms with E-state index < -0.39 is 5.97 Å². The highest BCUT2D eigenvalue weighted by molar-refractivity contribution is 5.70. The van der Waals surface area contributed by atoms with Crippen LogP contribution in [0.3, 0.4) is 0 Å². The van der Waals surface area contributed by atoms with E-state index in [9.17, 15) is 4.79 Å². The van der Waals surface area contributed by atoms with Crippen molar-refractivity contribution in [3.8, 4) is 5.75 Å². The zero-order valence-corrected chi connectivity index (χ0v) is 11.7. The van der Waals surface area contributed by atoms with Crippen LogP contribution in [-0.2, 0) is 11.3 Å². The summed E-state index contributed by atoms with van der Waals surface area (Å²) in [4.78, 5) is 13.2. The number of hydrogen-bond donors (Lipinski definition) is 1. The van der Waals surface area contributed by atoms with Crippen molar-refractivity contribution in [2.75, 3.05) is 20.2 Å². The Balaban J connectivity index is 1.94. The van der Waals surface area contributed by atoms with Crippen molar-refractivity contribution in [1.82, 2.24) is 4.90 Å². The van der Waals surface area contributed by atoms with Crippen molar-refractivity contribution in [3.63, 3.8) is 0 Å². The van der Waals surface area contributed by atoms with Crippen LogP contribution in [0.1, 0.15) is 18.1 Å². The van der Waals surface area contributed by atoms with E-state index >= 15 is 0 Å². The van der Waals surface area contributed by atoms with Gasteiger partial charge >= 0.3 is 5.97 Å². The minimum Gasteiger partial charge on any atom is -0.496 e. The number of carboxylic acids is 1. The lowest BCUT2D eigenvalue weighted by molar-refractivity contribution is -0.145. The summed E-state index contributed by atoms with van der Waals surface area (Å²) >= 11 is 0. The molecular weight excluding hydrogens is 242 g/mol. The van der Waals surface area contributed by atoms with Crippen LogP contribution in [0, 0.1) is 18.8 Å². The van der Waals surface area contributed by atoms with Crippen LogP contribution in [0.2, 0.25) is 0 Å². The van der Waals surface area contributed by atoms with Gasteiger partial charge in [0.15, 0.2) is 0 Å². The lowest BCUT2D eigenvalue weighted by atomic mass is 9.87. The van der Waals surface area contributed by atoms with Crippen LogP contribution in [-0.4, -0.2) is 36.2 Å². The number of benzene rings is 1. The fraction of sp³-hybridized carbons (Fsp3) is 0.533. The van der Waals surface area contributed by atoms with Crippen LogP contribution in [0.4, 0.5) is 0 Å². The lowest BCUT2D eigenvalue weighted by Gasteiger charge is -2.41. The van der Waals surface area contributed by atoms with Gasteiger partial charge in [-0.15, -0.1) is 0 Å². The van der Waals surface area contributed by atoms with Gasteiger partial charge in [0, 0.05) is 25.2 Å². The van der Waals surface area contributed by atoms with E-state index in [0.717, 1.165) is 25.4 Å². The summed E-state index contributed by atoms with van der Waals surface area (Å²) in [6, 6.07) is 6.16. The van der Waals surface area contributed by atoms with Gasteiger partial charge in [-0.3, -0.25) is 9.69 Å². The molecule has 1 aliphatic heterocycles. The molecule has 19 heavy (non-hydrogen) atoms. The molecule has 104 valence electrons. The largest absolute Gasteiger partial charge is 0.496 e. The van der Waals surface area contributed by atoms with Crippen LogP contribution in [0.25, 0.3) is 0 Å². The van der Waals surface area contributed by atoms with E-state index in [4.69, 9.17) is 9.84 Å². The number of likely N-dealkylation sites (tertiary alicyclic amines) is 1. The number of aryl methyl sites for hydroxylation is 1. The predicted molar refractivity (Wildman–Crippen MR) is 73.3 cm³/mol. The Labute approximate surface area is 114 Å². The predicted octanol–water partition coefficient (Wildman–Crippen LogP) is 2.16. The summed E-state index contributed by atoms with van der Waals surface area (Å²) < 4.78 is 5.36. The van der Waals surface area contributed by atoms with E-state index in [1.807, 2.05) is 12.1 Å². The highest BCUT2D eigenvalue weighted by Gasteiger charge is 2.34. The normalized spacial score (nSPS) is 17.8. The number of nitrogens with zero attached hydrogens (tertiary/aromatic N) is 1. The molecule has 4 heteroatoms. The molecule has 0 radical (unpaired) electrons. The Bertz CT molecular complexity index is 466. The smallest absolute Gasteiger partial charge is 0.306 e. The van der Waals surface area contributed by atoms with Crippen LogP contribution >= 0.6 is 0 Å². The summed E-state index contributed by atoms with van der Waals surface area (Å²) in [5.41, 5.74) is 2.38. The van der Waals surface area contributed by atoms with Gasteiger partial charge in [-0.25, -0.2) is 0 Å². The van der Waals surface area contributed by atoms with Crippen molar-refractivity contribution in [2.45, 2.75) is 20.4 Å². The maximum absolute atomic E-state index is 10.9. The molecule has 0 saturated carbocycles. The molecule has 1 atom stereocenters. The number of methoxy groups -OCH3 is 1. The molecule has 1 aromatic rings. The SMILES string of the molecule is COc1ccc(C)cc1CN1CC(C(C)C(=O)O)C1. The number of carbonyl (C=O) groups is 1. The molecular formula is C15H21NO3. The fourth-order valence-electron chi connectivity index (χ4n) is 2.53. The van der Waals surface area contributed by atoms with Crippen LogP contribution < -0.4 is 4.74 Å². The van der Waals surface area contributed by atoms with E-state index in [0.29, 0.717) is 0 Å². The van der Waals surface area contributed by atoms with Crippen molar-refractivity contribution in [2.24, 2.45) is 11.8 Å². The first-order valence-electron chi connectivity index (χ1n) is 6.60. The number of aliphatic carboxylic acids is 1. The minimum atomic E-state index is -0.696. The first kappa shape index (κ1) is 13.9. The Morgan fingerprint density at radius 1 is 1.53 bits per heavy atom. The lowest BCUT2D eigenvalue weighted by Crippen LogP contribution is -2.50. The average Bonchev–Trinajstić information content (AvgIpc) is 2.32. The molecule has 1 unspecified atom stereocenters. The van der Waals surface area contributed by atoms with Gasteiger partial charge in [0.05, 0.1) is 13.0 Å². The summed E-state index contributed by atoms with van der Waals surface area (Å²) in [7, 11) is 1.68. The second-order valence-corrected chi connectivity index (χ2v) is 5.40. The third-order valence-electron chi connectivity index (χ3n) is 3.91. The number of ether oxygens (including phenoxy) is 1. The fourth-order valence-corrected chi connectivity index (χ4v) is 2.53. The monoisotopic (exact) mass is 263 g/mol. The molecule has 0 spiro atoms. The topological polar surface area (TPSA) is 49.8 Å². The molecule has 0 aromatic heterocycles. The Kier molecular flexibility index (Phi) is 4.10. The van der Waals surface area contributed by atoms with Crippen LogP contribution in [0.15, 0.2) is 18.2 Å². The molecule has 0 amide bonds. The summed E-state index contributed by atoms with van der Waals surface area (Å²) in [6.07, 6.45) is 0. The van der Waals surface area contributed by atoms with Gasteiger partial charge in [-0.1, -0.05) is 24.6 Å². The highest BCUT2D eigenvalue weighted by Crippen LogP contribution is 2.28. The first-order chi connectivity index (χ1) is 9.01. The number of hydrogen-bond acceptors (Lipinski definition) is 3. The molecule has 1 aliphatic rings. The van der Waals surface area contributed by atoms with Crippen LogP contribution in [0.5, 0.6) is 5.75 Å². The minimum absolute atomic E-state index is 0.254. The van der Waals surface area contributed by atoms with Crippen molar-refractivity contribution in [1.29, 1.82) is 0 Å². The Morgan fingerprint density at radius 3 is 2.79 bits per heavy atom. The Morgan fingerprint density at radius 2 is 2.21 bits per heavy atom. The zero-order chi connectivity index (χ0) is 14.0. The van der Waals surface area contributed by atoms with Gasteiger partial charge < -0.3 is 9.84 Å². The second kappa shape index (κ2) is 5.61. The third-order valence-corrected chi connectivity index (χ3v) is 3.91. The first-order valence-corrected chi connectivity index (χ1v) is 6.60. The Hall–Kier alpha value is -1.55. The van der Waals surface area contributed by atoms with Crippen molar-refractivity contribution < 1.29 is 14.6 Å². The van der Waals surface area contributed by atoms with Gasteiger partial charge in [-0.05, 0) is 18.9 Å². The van der Waals surface area contributed by atoms with Gasteiger partial charge in [0.2, 0.25) is 0 Å². The molecule has 1 aromatic carbocycles. The van der Waals surface area contributed by atoms with Crippen molar-refractivity contribution >= 4 is 5.97 Å². The number of rotatable bonds is 5. The highest BCUT2D eigenvalue weighted by atomic mass is 16.5. The summed E-state index contributed by atoms with van der Waals surface area (Å²) in [5, 5.41) is 8.97. The maximum Gasteiger partial charge on any atom is 0.306 e. The molecule has 2 rings (SSSR count). The van der Waals surface area contributed by atoms with Gasteiger partial charge in [0.1, 0.15) is 5.75 Å². The standard InChI is InChI=1S/C15H21NO3/c1-10-4-5-14(19-3)12(6-10)7-16-8-13(9-16)11(2)15(17)18/h4-6,11,13H,7-9H2,1-3H3,(H,17,18). The van der Waals surface area contributed by atoms with E-state index in [2.05, 4.69) is 17.9 Å². The zero-order valence-electron chi connectivity index (χ0n) is 11.7. The molecule has 0 bridgehead atoms. The average molecular weight is 263 g/mol. The molecule has 1 N–H and O–H groups in total. The third kappa shape index (κ3) is 3.07. The molecule has 1 fully saturated rings. The van der Waals surface area contributed by atoms with E-state index in [-0.39, 0.29) is 11.8 Å². The van der Waals surface area contributed by atoms with Gasteiger partial charge in [-0.2, -0.15) is 0 Å². The number of carboxylic acid groups (broad SMARTS) is 1. The molecule has 1 saturated heterocycles. The summed E-state index contributed by atoms with van der Waals surface area (Å²) in [6.45, 7) is 6.38.